The van der Waals surface area contributed by atoms with Gasteiger partial charge in [0.15, 0.2) is 0 Å². The number of halogens is 1. The Balaban J connectivity index is 1.99. The summed E-state index contributed by atoms with van der Waals surface area (Å²) in [6, 6.07) is 6.11. The molecule has 0 amide bonds. The highest BCUT2D eigenvalue weighted by Crippen LogP contribution is 2.07. The summed E-state index contributed by atoms with van der Waals surface area (Å²) in [5.41, 5.74) is 1.21. The molecule has 0 atom stereocenters. The highest BCUT2D eigenvalue weighted by atomic mass is 35.5. The van der Waals surface area contributed by atoms with Crippen LogP contribution in [0.15, 0.2) is 24.4 Å². The van der Waals surface area contributed by atoms with Crippen LogP contribution in [-0.4, -0.2) is 10.9 Å². The van der Waals surface area contributed by atoms with Gasteiger partial charge in [0, 0.05) is 17.8 Å². The maximum absolute atomic E-state index is 5.60. The molecule has 1 aromatic heterocycles. The maximum Gasteiger partial charge on any atom is 0.0403 e. The van der Waals surface area contributed by atoms with Crippen molar-refractivity contribution < 1.29 is 0 Å². The first-order valence-corrected chi connectivity index (χ1v) is 5.93. The number of hydrogen-bond donors (Lipinski definition) is 0. The molecule has 0 unspecified atom stereocenters. The Morgan fingerprint density at radius 1 is 1.00 bits per heavy atom. The predicted octanol–water partition coefficient (Wildman–Crippen LogP) is 3.81. The predicted molar refractivity (Wildman–Crippen MR) is 61.7 cm³/mol. The van der Waals surface area contributed by atoms with Gasteiger partial charge in [0.25, 0.3) is 0 Å². The Morgan fingerprint density at radius 3 is 2.50 bits per heavy atom. The van der Waals surface area contributed by atoms with Crippen molar-refractivity contribution in [1.82, 2.24) is 4.98 Å². The molecule has 0 aliphatic rings. The zero-order chi connectivity index (χ0) is 10.1. The topological polar surface area (TPSA) is 12.9 Å². The summed E-state index contributed by atoms with van der Waals surface area (Å²) in [6.07, 6.45) is 9.26. The smallest absolute Gasteiger partial charge is 0.0403 e. The minimum Gasteiger partial charge on any atom is -0.261 e. The van der Waals surface area contributed by atoms with Crippen LogP contribution in [0, 0.1) is 0 Å². The second kappa shape index (κ2) is 7.81. The monoisotopic (exact) mass is 211 g/mol. The normalized spacial score (nSPS) is 10.4. The summed E-state index contributed by atoms with van der Waals surface area (Å²) < 4.78 is 0. The van der Waals surface area contributed by atoms with Crippen molar-refractivity contribution in [2.45, 2.75) is 38.5 Å². The molecule has 1 heterocycles. The third kappa shape index (κ3) is 5.23. The van der Waals surface area contributed by atoms with E-state index in [1.807, 2.05) is 12.3 Å². The summed E-state index contributed by atoms with van der Waals surface area (Å²) in [7, 11) is 0. The van der Waals surface area contributed by atoms with E-state index in [2.05, 4.69) is 17.1 Å². The van der Waals surface area contributed by atoms with Gasteiger partial charge < -0.3 is 0 Å². The molecule has 0 aliphatic carbocycles. The van der Waals surface area contributed by atoms with Crippen LogP contribution >= 0.6 is 11.6 Å². The number of nitrogens with zero attached hydrogens (tertiary/aromatic N) is 1. The number of unbranched alkanes of at least 4 members (excludes halogenated alkanes) is 4. The van der Waals surface area contributed by atoms with Crippen molar-refractivity contribution in [1.29, 1.82) is 0 Å². The summed E-state index contributed by atoms with van der Waals surface area (Å²) in [5.74, 6) is 0.806. The van der Waals surface area contributed by atoms with E-state index < -0.39 is 0 Å². The van der Waals surface area contributed by atoms with Crippen LogP contribution in [0.3, 0.4) is 0 Å². The molecule has 0 saturated carbocycles. The SMILES string of the molecule is ClCCCCCCCc1ccccn1. The summed E-state index contributed by atoms with van der Waals surface area (Å²) in [4.78, 5) is 4.29. The summed E-state index contributed by atoms with van der Waals surface area (Å²) in [5, 5.41) is 0. The minimum absolute atomic E-state index is 0.806. The molecular formula is C12H18ClN. The fourth-order valence-electron chi connectivity index (χ4n) is 1.48. The molecule has 0 spiro atoms. The van der Waals surface area contributed by atoms with Gasteiger partial charge >= 0.3 is 0 Å². The number of hydrogen-bond acceptors (Lipinski definition) is 1. The first-order chi connectivity index (χ1) is 6.93. The highest BCUT2D eigenvalue weighted by Gasteiger charge is 1.93. The molecule has 0 aliphatic heterocycles. The lowest BCUT2D eigenvalue weighted by molar-refractivity contribution is 0.629. The van der Waals surface area contributed by atoms with Gasteiger partial charge in [-0.05, 0) is 31.4 Å². The molecular weight excluding hydrogens is 194 g/mol. The van der Waals surface area contributed by atoms with Gasteiger partial charge in [-0.1, -0.05) is 25.3 Å². The van der Waals surface area contributed by atoms with E-state index >= 15 is 0 Å². The van der Waals surface area contributed by atoms with Crippen molar-refractivity contribution in [3.8, 4) is 0 Å². The maximum atomic E-state index is 5.60. The van der Waals surface area contributed by atoms with Crippen LogP contribution in [0.5, 0.6) is 0 Å². The molecule has 1 rings (SSSR count). The van der Waals surface area contributed by atoms with Gasteiger partial charge in [-0.15, -0.1) is 11.6 Å². The van der Waals surface area contributed by atoms with Gasteiger partial charge in [-0.25, -0.2) is 0 Å². The van der Waals surface area contributed by atoms with Crippen molar-refractivity contribution in [3.05, 3.63) is 30.1 Å². The van der Waals surface area contributed by atoms with Crippen LogP contribution in [0.2, 0.25) is 0 Å². The van der Waals surface area contributed by atoms with E-state index in [1.54, 1.807) is 0 Å². The molecule has 1 nitrogen and oxygen atoms in total. The molecule has 0 saturated heterocycles. The van der Waals surface area contributed by atoms with E-state index in [-0.39, 0.29) is 0 Å². The average Bonchev–Trinajstić information content (AvgIpc) is 2.25. The zero-order valence-corrected chi connectivity index (χ0v) is 9.34. The minimum atomic E-state index is 0.806. The average molecular weight is 212 g/mol. The van der Waals surface area contributed by atoms with Crippen LogP contribution < -0.4 is 0 Å². The Hall–Kier alpha value is -0.560. The highest BCUT2D eigenvalue weighted by molar-refractivity contribution is 6.17. The van der Waals surface area contributed by atoms with Gasteiger partial charge in [0.1, 0.15) is 0 Å². The second-order valence-corrected chi connectivity index (χ2v) is 3.91. The Labute approximate surface area is 91.5 Å². The van der Waals surface area contributed by atoms with Crippen molar-refractivity contribution in [2.24, 2.45) is 0 Å². The molecule has 2 heteroatoms. The van der Waals surface area contributed by atoms with Crippen molar-refractivity contribution >= 4 is 11.6 Å². The largest absolute Gasteiger partial charge is 0.261 e. The van der Waals surface area contributed by atoms with Gasteiger partial charge in [0.05, 0.1) is 0 Å². The van der Waals surface area contributed by atoms with Crippen molar-refractivity contribution in [3.63, 3.8) is 0 Å². The molecule has 78 valence electrons. The zero-order valence-electron chi connectivity index (χ0n) is 8.58. The number of aryl methyl sites for hydroxylation is 1. The van der Waals surface area contributed by atoms with Crippen LogP contribution in [0.1, 0.15) is 37.8 Å². The lowest BCUT2D eigenvalue weighted by Crippen LogP contribution is -1.89. The second-order valence-electron chi connectivity index (χ2n) is 3.53. The Kier molecular flexibility index (Phi) is 6.42. The van der Waals surface area contributed by atoms with Crippen LogP contribution in [0.25, 0.3) is 0 Å². The molecule has 1 aromatic rings. The van der Waals surface area contributed by atoms with Crippen molar-refractivity contribution in [2.75, 3.05) is 5.88 Å². The third-order valence-corrected chi connectivity index (χ3v) is 2.56. The number of pyridine rings is 1. The van der Waals surface area contributed by atoms with E-state index in [0.29, 0.717) is 0 Å². The van der Waals surface area contributed by atoms with Gasteiger partial charge in [-0.3, -0.25) is 4.98 Å². The quantitative estimate of drug-likeness (QED) is 0.494. The lowest BCUT2D eigenvalue weighted by atomic mass is 10.1. The number of aromatic nitrogens is 1. The number of alkyl halides is 1. The molecule has 0 N–H and O–H groups in total. The van der Waals surface area contributed by atoms with Gasteiger partial charge in [-0.2, -0.15) is 0 Å². The molecule has 14 heavy (non-hydrogen) atoms. The van der Waals surface area contributed by atoms with Gasteiger partial charge in [0.2, 0.25) is 0 Å². The van der Waals surface area contributed by atoms with Crippen LogP contribution in [-0.2, 0) is 6.42 Å². The Morgan fingerprint density at radius 2 is 1.79 bits per heavy atom. The van der Waals surface area contributed by atoms with E-state index in [1.165, 1.54) is 31.4 Å². The summed E-state index contributed by atoms with van der Waals surface area (Å²) >= 11 is 5.60. The fourth-order valence-corrected chi connectivity index (χ4v) is 1.67. The lowest BCUT2D eigenvalue weighted by Gasteiger charge is -2.00. The van der Waals surface area contributed by atoms with E-state index in [4.69, 9.17) is 11.6 Å². The molecule has 0 aromatic carbocycles. The third-order valence-electron chi connectivity index (χ3n) is 2.29. The van der Waals surface area contributed by atoms with E-state index in [0.717, 1.165) is 18.7 Å². The number of rotatable bonds is 7. The van der Waals surface area contributed by atoms with E-state index in [9.17, 15) is 0 Å². The fraction of sp³-hybridized carbons (Fsp3) is 0.583. The summed E-state index contributed by atoms with van der Waals surface area (Å²) in [6.45, 7) is 0. The molecule has 0 bridgehead atoms. The Bertz CT molecular complexity index is 223. The first kappa shape index (κ1) is 11.5. The standard InChI is InChI=1S/C12H18ClN/c13-10-6-3-1-2-4-8-12-9-5-7-11-14-12/h5,7,9,11H,1-4,6,8,10H2. The molecule has 0 radical (unpaired) electrons. The first-order valence-electron chi connectivity index (χ1n) is 5.39. The molecule has 0 fully saturated rings. The van der Waals surface area contributed by atoms with Crippen LogP contribution in [0.4, 0.5) is 0 Å².